The molecule has 1 N–H and O–H groups in total. The first-order valence-corrected chi connectivity index (χ1v) is 6.17. The summed E-state index contributed by atoms with van der Waals surface area (Å²) in [6, 6.07) is 7.24. The van der Waals surface area contributed by atoms with Gasteiger partial charge in [0.05, 0.1) is 20.4 Å². The Morgan fingerprint density at radius 2 is 1.62 bits per heavy atom. The molecule has 2 aromatic rings. The van der Waals surface area contributed by atoms with E-state index in [4.69, 9.17) is 4.74 Å². The Balaban J connectivity index is 2.69. The first-order valence-electron chi connectivity index (χ1n) is 6.17. The number of ether oxygens (including phenoxy) is 2. The fraction of sp³-hybridized carbons (Fsp3) is 0.200. The number of methoxy groups -OCH3 is 2. The topological polar surface area (TPSA) is 77.8 Å². The number of hydrogen-bond donors (Lipinski definition) is 1. The third-order valence-electron chi connectivity index (χ3n) is 3.07. The van der Waals surface area contributed by atoms with Crippen LogP contribution in [0.3, 0.4) is 0 Å². The second-order valence-electron chi connectivity index (χ2n) is 4.43. The highest BCUT2D eigenvalue weighted by Gasteiger charge is 2.28. The number of esters is 2. The van der Waals surface area contributed by atoms with Gasteiger partial charge in [-0.15, -0.1) is 0 Å². The number of benzene rings is 1. The molecule has 6 heteroatoms. The van der Waals surface area contributed by atoms with Crippen molar-refractivity contribution in [3.63, 3.8) is 0 Å². The molecule has 1 aromatic heterocycles. The molecule has 0 saturated heterocycles. The normalized spacial score (nSPS) is 10.2. The van der Waals surface area contributed by atoms with Crippen LogP contribution in [-0.4, -0.2) is 35.8 Å². The van der Waals surface area contributed by atoms with Crippen LogP contribution >= 0.6 is 0 Å². The van der Waals surface area contributed by atoms with Gasteiger partial charge in [0.15, 0.2) is 5.69 Å². The molecule has 0 bridgehead atoms. The zero-order valence-electron chi connectivity index (χ0n) is 11.9. The van der Waals surface area contributed by atoms with Gasteiger partial charge in [-0.2, -0.15) is 0 Å². The van der Waals surface area contributed by atoms with E-state index in [-0.39, 0.29) is 17.0 Å². The molecule has 0 saturated carbocycles. The molecule has 0 spiro atoms. The fourth-order valence-electron chi connectivity index (χ4n) is 2.00. The molecule has 0 atom stereocenters. The van der Waals surface area contributed by atoms with Crippen LogP contribution in [0.15, 0.2) is 30.5 Å². The average molecular weight is 289 g/mol. The summed E-state index contributed by atoms with van der Waals surface area (Å²) in [5, 5.41) is 9.94. The minimum Gasteiger partial charge on any atom is -0.505 e. The zero-order valence-corrected chi connectivity index (χ0v) is 11.9. The van der Waals surface area contributed by atoms with Gasteiger partial charge in [0.25, 0.3) is 0 Å². The molecular formula is C15H15NO5. The molecule has 0 radical (unpaired) electrons. The number of nitrogens with zero attached hydrogens (tertiary/aromatic N) is 1. The maximum Gasteiger partial charge on any atom is 0.356 e. The van der Waals surface area contributed by atoms with Gasteiger partial charge in [-0.05, 0) is 19.1 Å². The summed E-state index contributed by atoms with van der Waals surface area (Å²) >= 11 is 0. The van der Waals surface area contributed by atoms with E-state index in [1.165, 1.54) is 25.0 Å². The van der Waals surface area contributed by atoms with Crippen molar-refractivity contribution in [3.05, 3.63) is 47.3 Å². The van der Waals surface area contributed by atoms with Gasteiger partial charge in [-0.25, -0.2) is 9.59 Å². The monoisotopic (exact) mass is 289 g/mol. The van der Waals surface area contributed by atoms with Gasteiger partial charge in [-0.3, -0.25) is 0 Å². The van der Waals surface area contributed by atoms with Crippen LogP contribution in [0.5, 0.6) is 5.75 Å². The summed E-state index contributed by atoms with van der Waals surface area (Å²) in [5.74, 6) is -1.89. The Morgan fingerprint density at radius 1 is 1.05 bits per heavy atom. The maximum absolute atomic E-state index is 12.0. The van der Waals surface area contributed by atoms with Crippen LogP contribution in [0.2, 0.25) is 0 Å². The lowest BCUT2D eigenvalue weighted by Crippen LogP contribution is -2.14. The molecule has 1 aromatic carbocycles. The Morgan fingerprint density at radius 3 is 2.14 bits per heavy atom. The third-order valence-corrected chi connectivity index (χ3v) is 3.07. The molecule has 0 fully saturated rings. The number of aromatic nitrogens is 1. The second-order valence-corrected chi connectivity index (χ2v) is 4.43. The quantitative estimate of drug-likeness (QED) is 0.875. The minimum absolute atomic E-state index is 0.0781. The van der Waals surface area contributed by atoms with Crippen LogP contribution in [0.25, 0.3) is 5.69 Å². The lowest BCUT2D eigenvalue weighted by atomic mass is 10.2. The zero-order chi connectivity index (χ0) is 15.6. The van der Waals surface area contributed by atoms with E-state index < -0.39 is 11.9 Å². The first-order chi connectivity index (χ1) is 9.99. The summed E-state index contributed by atoms with van der Waals surface area (Å²) in [7, 11) is 2.37. The molecule has 21 heavy (non-hydrogen) atoms. The fourth-order valence-corrected chi connectivity index (χ4v) is 2.00. The van der Waals surface area contributed by atoms with Crippen molar-refractivity contribution < 1.29 is 24.2 Å². The van der Waals surface area contributed by atoms with Crippen LogP contribution in [0, 0.1) is 6.92 Å². The van der Waals surface area contributed by atoms with Crippen LogP contribution in [0.4, 0.5) is 0 Å². The average Bonchev–Trinajstić information content (AvgIpc) is 2.83. The van der Waals surface area contributed by atoms with Crippen molar-refractivity contribution in [1.82, 2.24) is 4.57 Å². The van der Waals surface area contributed by atoms with Crippen molar-refractivity contribution in [2.24, 2.45) is 0 Å². The molecule has 0 unspecified atom stereocenters. The molecule has 0 aliphatic rings. The molecular weight excluding hydrogens is 274 g/mol. The third kappa shape index (κ3) is 2.60. The maximum atomic E-state index is 12.0. The predicted octanol–water partition coefficient (Wildman–Crippen LogP) is 2.06. The number of aromatic hydroxyl groups is 1. The molecule has 1 heterocycles. The van der Waals surface area contributed by atoms with Crippen LogP contribution in [-0.2, 0) is 9.47 Å². The number of carbonyl (C=O) groups is 2. The molecule has 0 aliphatic heterocycles. The van der Waals surface area contributed by atoms with Crippen molar-refractivity contribution in [3.8, 4) is 11.4 Å². The number of carbonyl (C=O) groups excluding carboxylic acids is 2. The molecule has 2 rings (SSSR count). The number of aryl methyl sites for hydroxylation is 1. The second kappa shape index (κ2) is 5.70. The van der Waals surface area contributed by atoms with E-state index in [1.54, 1.807) is 12.1 Å². The summed E-state index contributed by atoms with van der Waals surface area (Å²) in [6.07, 6.45) is 1.28. The Labute approximate surface area is 121 Å². The van der Waals surface area contributed by atoms with Gasteiger partial charge in [0.1, 0.15) is 11.3 Å². The Bertz CT molecular complexity index is 685. The highest BCUT2D eigenvalue weighted by atomic mass is 16.5. The van der Waals surface area contributed by atoms with Crippen molar-refractivity contribution in [1.29, 1.82) is 0 Å². The van der Waals surface area contributed by atoms with E-state index in [9.17, 15) is 14.7 Å². The molecule has 6 nitrogen and oxygen atoms in total. The largest absolute Gasteiger partial charge is 0.505 e. The van der Waals surface area contributed by atoms with Gasteiger partial charge in [-0.1, -0.05) is 17.7 Å². The first kappa shape index (κ1) is 14.6. The molecule has 0 amide bonds. The standard InChI is InChI=1S/C15H15NO5/c1-9-4-6-10(7-5-9)16-8-11(17)12(14(18)20-2)13(16)15(19)21-3/h4-8,17H,1-3H3. The van der Waals surface area contributed by atoms with Gasteiger partial charge in [0.2, 0.25) is 0 Å². The van der Waals surface area contributed by atoms with Crippen molar-refractivity contribution >= 4 is 11.9 Å². The van der Waals surface area contributed by atoms with Crippen LogP contribution in [0.1, 0.15) is 26.4 Å². The predicted molar refractivity (Wildman–Crippen MR) is 74.8 cm³/mol. The van der Waals surface area contributed by atoms with E-state index in [1.807, 2.05) is 19.1 Å². The lowest BCUT2D eigenvalue weighted by molar-refractivity contribution is 0.0547. The van der Waals surface area contributed by atoms with Gasteiger partial charge >= 0.3 is 11.9 Å². The van der Waals surface area contributed by atoms with Crippen molar-refractivity contribution in [2.45, 2.75) is 6.92 Å². The van der Waals surface area contributed by atoms with E-state index in [2.05, 4.69) is 4.74 Å². The Hall–Kier alpha value is -2.76. The van der Waals surface area contributed by atoms with E-state index in [0.29, 0.717) is 5.69 Å². The lowest BCUT2D eigenvalue weighted by Gasteiger charge is -2.09. The highest BCUT2D eigenvalue weighted by Crippen LogP contribution is 2.28. The van der Waals surface area contributed by atoms with Crippen molar-refractivity contribution in [2.75, 3.05) is 14.2 Å². The summed E-state index contributed by atoms with van der Waals surface area (Å²) < 4.78 is 10.7. The number of rotatable bonds is 3. The number of hydrogen-bond acceptors (Lipinski definition) is 5. The smallest absolute Gasteiger partial charge is 0.356 e. The molecule has 110 valence electrons. The summed E-state index contributed by atoms with van der Waals surface area (Å²) in [5.41, 5.74) is 1.37. The Kier molecular flexibility index (Phi) is 3.98. The summed E-state index contributed by atoms with van der Waals surface area (Å²) in [6.45, 7) is 1.93. The minimum atomic E-state index is -0.807. The highest BCUT2D eigenvalue weighted by molar-refractivity contribution is 6.04. The SMILES string of the molecule is COC(=O)c1c(O)cn(-c2ccc(C)cc2)c1C(=O)OC. The van der Waals surface area contributed by atoms with Gasteiger partial charge < -0.3 is 19.1 Å². The van der Waals surface area contributed by atoms with E-state index in [0.717, 1.165) is 5.56 Å². The summed E-state index contributed by atoms with van der Waals surface area (Å²) in [4.78, 5) is 23.7. The van der Waals surface area contributed by atoms with Crippen LogP contribution < -0.4 is 0 Å². The van der Waals surface area contributed by atoms with Gasteiger partial charge in [0, 0.05) is 5.69 Å². The van der Waals surface area contributed by atoms with E-state index >= 15 is 0 Å². The molecule has 0 aliphatic carbocycles.